The molecule has 0 amide bonds. The Morgan fingerprint density at radius 3 is 2.47 bits per heavy atom. The third-order valence-electron chi connectivity index (χ3n) is 1.69. The van der Waals surface area contributed by atoms with Gasteiger partial charge in [-0.15, -0.1) is 0 Å². The molecule has 0 saturated heterocycles. The van der Waals surface area contributed by atoms with Gasteiger partial charge in [0.15, 0.2) is 0 Å². The van der Waals surface area contributed by atoms with Crippen molar-refractivity contribution in [3.8, 4) is 5.75 Å². The number of para-hydroxylation sites is 1. The Balaban J connectivity index is 2.42. The summed E-state index contributed by atoms with van der Waals surface area (Å²) < 4.78 is 10.1. The molecule has 1 aromatic carbocycles. The first kappa shape index (κ1) is 12.8. The van der Waals surface area contributed by atoms with Crippen LogP contribution in [-0.4, -0.2) is 23.3 Å². The zero-order valence-electron chi connectivity index (χ0n) is 9.20. The standard InChI is InChI=1S/C12H12O5/c1-9(16-10-5-3-2-4-6-10)17-12(15)8-7-11(13)14/h2-9H,1H3,(H,13,14)/b8-7+. The molecule has 17 heavy (non-hydrogen) atoms. The molecule has 1 unspecified atom stereocenters. The maximum Gasteiger partial charge on any atom is 0.334 e. The highest BCUT2D eigenvalue weighted by molar-refractivity contribution is 5.90. The summed E-state index contributed by atoms with van der Waals surface area (Å²) in [5.74, 6) is -1.41. The first-order chi connectivity index (χ1) is 8.08. The zero-order valence-corrected chi connectivity index (χ0v) is 9.20. The van der Waals surface area contributed by atoms with Crippen LogP contribution >= 0.6 is 0 Å². The number of carbonyl (C=O) groups excluding carboxylic acids is 1. The third-order valence-corrected chi connectivity index (χ3v) is 1.69. The molecule has 1 atom stereocenters. The van der Waals surface area contributed by atoms with Crippen molar-refractivity contribution in [3.63, 3.8) is 0 Å². The number of carboxylic acids is 1. The van der Waals surface area contributed by atoms with E-state index in [2.05, 4.69) is 0 Å². The normalized spacial score (nSPS) is 12.1. The average Bonchev–Trinajstić information content (AvgIpc) is 2.27. The molecular weight excluding hydrogens is 224 g/mol. The molecule has 0 fully saturated rings. The molecule has 0 heterocycles. The van der Waals surface area contributed by atoms with Crippen LogP contribution in [0.4, 0.5) is 0 Å². The lowest BCUT2D eigenvalue weighted by Crippen LogP contribution is -2.19. The van der Waals surface area contributed by atoms with Gasteiger partial charge in [0, 0.05) is 19.1 Å². The maximum absolute atomic E-state index is 11.1. The van der Waals surface area contributed by atoms with E-state index in [0.717, 1.165) is 6.08 Å². The van der Waals surface area contributed by atoms with E-state index in [1.54, 1.807) is 31.2 Å². The molecule has 0 aromatic heterocycles. The van der Waals surface area contributed by atoms with E-state index in [0.29, 0.717) is 11.8 Å². The second-order valence-corrected chi connectivity index (χ2v) is 3.11. The van der Waals surface area contributed by atoms with Crippen LogP contribution in [0.25, 0.3) is 0 Å². The second kappa shape index (κ2) is 6.32. The summed E-state index contributed by atoms with van der Waals surface area (Å²) in [6.07, 6.45) is 0.744. The SMILES string of the molecule is CC(OC(=O)/C=C/C(=O)O)Oc1ccccc1. The quantitative estimate of drug-likeness (QED) is 0.477. The lowest BCUT2D eigenvalue weighted by atomic mass is 10.3. The third kappa shape index (κ3) is 5.36. The van der Waals surface area contributed by atoms with E-state index >= 15 is 0 Å². The summed E-state index contributed by atoms with van der Waals surface area (Å²) in [5.41, 5.74) is 0. The van der Waals surface area contributed by atoms with Crippen LogP contribution in [0.3, 0.4) is 0 Å². The van der Waals surface area contributed by atoms with Gasteiger partial charge in [-0.2, -0.15) is 0 Å². The van der Waals surface area contributed by atoms with Gasteiger partial charge in [-0.3, -0.25) is 0 Å². The van der Waals surface area contributed by atoms with Gasteiger partial charge in [0.1, 0.15) is 5.75 Å². The largest absolute Gasteiger partial charge is 0.478 e. The zero-order chi connectivity index (χ0) is 12.7. The van der Waals surface area contributed by atoms with Gasteiger partial charge in [0.05, 0.1) is 0 Å². The summed E-state index contributed by atoms with van der Waals surface area (Å²) in [7, 11) is 0. The molecule has 0 radical (unpaired) electrons. The Labute approximate surface area is 98.3 Å². The highest BCUT2D eigenvalue weighted by Gasteiger charge is 2.08. The summed E-state index contributed by atoms with van der Waals surface area (Å²) in [6, 6.07) is 8.84. The summed E-state index contributed by atoms with van der Waals surface area (Å²) in [5, 5.41) is 8.31. The van der Waals surface area contributed by atoms with Gasteiger partial charge in [-0.05, 0) is 12.1 Å². The van der Waals surface area contributed by atoms with Gasteiger partial charge >= 0.3 is 11.9 Å². The van der Waals surface area contributed by atoms with E-state index < -0.39 is 18.2 Å². The number of benzene rings is 1. The maximum atomic E-state index is 11.1. The fraction of sp³-hybridized carbons (Fsp3) is 0.167. The van der Waals surface area contributed by atoms with Crippen LogP contribution in [0.5, 0.6) is 5.75 Å². The van der Waals surface area contributed by atoms with Gasteiger partial charge in [-0.25, -0.2) is 9.59 Å². The van der Waals surface area contributed by atoms with Crippen molar-refractivity contribution in [2.24, 2.45) is 0 Å². The van der Waals surface area contributed by atoms with Crippen LogP contribution in [0, 0.1) is 0 Å². The molecule has 5 heteroatoms. The van der Waals surface area contributed by atoms with Crippen molar-refractivity contribution < 1.29 is 24.2 Å². The minimum atomic E-state index is -1.21. The molecule has 90 valence electrons. The topological polar surface area (TPSA) is 72.8 Å². The number of rotatable bonds is 5. The lowest BCUT2D eigenvalue weighted by Gasteiger charge is -2.13. The predicted octanol–water partition coefficient (Wildman–Crippen LogP) is 1.60. The van der Waals surface area contributed by atoms with E-state index in [1.807, 2.05) is 6.07 Å². The number of ether oxygens (including phenoxy) is 2. The fourth-order valence-corrected chi connectivity index (χ4v) is 1.06. The number of hydrogen-bond acceptors (Lipinski definition) is 4. The molecule has 0 aliphatic heterocycles. The Kier molecular flexibility index (Phi) is 4.75. The number of hydrogen-bond donors (Lipinski definition) is 1. The van der Waals surface area contributed by atoms with E-state index in [4.69, 9.17) is 14.6 Å². The van der Waals surface area contributed by atoms with Crippen molar-refractivity contribution in [1.82, 2.24) is 0 Å². The fourth-order valence-electron chi connectivity index (χ4n) is 1.06. The molecule has 0 aliphatic rings. The number of aliphatic carboxylic acids is 1. The molecule has 0 bridgehead atoms. The van der Waals surface area contributed by atoms with Crippen molar-refractivity contribution in [1.29, 1.82) is 0 Å². The highest BCUT2D eigenvalue weighted by atomic mass is 16.7. The van der Waals surface area contributed by atoms with Gasteiger partial charge in [-0.1, -0.05) is 18.2 Å². The molecule has 0 saturated carbocycles. The van der Waals surface area contributed by atoms with Gasteiger partial charge in [0.2, 0.25) is 6.29 Å². The smallest absolute Gasteiger partial charge is 0.334 e. The Bertz CT molecular complexity index is 410. The van der Waals surface area contributed by atoms with Crippen LogP contribution in [0.2, 0.25) is 0 Å². The molecule has 1 aromatic rings. The van der Waals surface area contributed by atoms with E-state index in [-0.39, 0.29) is 0 Å². The Morgan fingerprint density at radius 2 is 1.88 bits per heavy atom. The van der Waals surface area contributed by atoms with Crippen LogP contribution in [0.1, 0.15) is 6.92 Å². The first-order valence-electron chi connectivity index (χ1n) is 4.91. The Hall–Kier alpha value is -2.30. The molecule has 1 rings (SSSR count). The van der Waals surface area contributed by atoms with Crippen molar-refractivity contribution in [2.45, 2.75) is 13.2 Å². The number of esters is 1. The van der Waals surface area contributed by atoms with Crippen LogP contribution in [-0.2, 0) is 14.3 Å². The summed E-state index contributed by atoms with van der Waals surface area (Å²) in [4.78, 5) is 21.3. The van der Waals surface area contributed by atoms with Crippen molar-refractivity contribution in [2.75, 3.05) is 0 Å². The first-order valence-corrected chi connectivity index (χ1v) is 4.91. The highest BCUT2D eigenvalue weighted by Crippen LogP contribution is 2.11. The minimum absolute atomic E-state index is 0.565. The monoisotopic (exact) mass is 236 g/mol. The molecule has 5 nitrogen and oxygen atoms in total. The Morgan fingerprint density at radius 1 is 1.24 bits per heavy atom. The number of carboxylic acid groups (broad SMARTS) is 1. The van der Waals surface area contributed by atoms with Crippen LogP contribution < -0.4 is 4.74 Å². The second-order valence-electron chi connectivity index (χ2n) is 3.11. The molecule has 0 spiro atoms. The van der Waals surface area contributed by atoms with Crippen molar-refractivity contribution >= 4 is 11.9 Å². The molecular formula is C12H12O5. The average molecular weight is 236 g/mol. The predicted molar refractivity (Wildman–Crippen MR) is 59.4 cm³/mol. The lowest BCUT2D eigenvalue weighted by molar-refractivity contribution is -0.155. The summed E-state index contributed by atoms with van der Waals surface area (Å²) >= 11 is 0. The van der Waals surface area contributed by atoms with Gasteiger partial charge < -0.3 is 14.6 Å². The number of carbonyl (C=O) groups is 2. The molecule has 0 aliphatic carbocycles. The van der Waals surface area contributed by atoms with Crippen molar-refractivity contribution in [3.05, 3.63) is 42.5 Å². The summed E-state index contributed by atoms with van der Waals surface area (Å²) in [6.45, 7) is 1.54. The van der Waals surface area contributed by atoms with Gasteiger partial charge in [0.25, 0.3) is 0 Å². The molecule has 1 N–H and O–H groups in total. The van der Waals surface area contributed by atoms with E-state index in [9.17, 15) is 9.59 Å². The minimum Gasteiger partial charge on any atom is -0.478 e. The van der Waals surface area contributed by atoms with Crippen LogP contribution in [0.15, 0.2) is 42.5 Å². The van der Waals surface area contributed by atoms with E-state index in [1.165, 1.54) is 0 Å².